The van der Waals surface area contributed by atoms with Gasteiger partial charge in [-0.05, 0) is 31.2 Å². The fourth-order valence-corrected chi connectivity index (χ4v) is 1.95. The molecule has 0 radical (unpaired) electrons. The molecule has 0 spiro atoms. The summed E-state index contributed by atoms with van der Waals surface area (Å²) in [5.74, 6) is 0.627. The second kappa shape index (κ2) is 7.12. The number of halogens is 1. The van der Waals surface area contributed by atoms with Gasteiger partial charge in [-0.3, -0.25) is 0 Å². The van der Waals surface area contributed by atoms with E-state index in [2.05, 4.69) is 27.7 Å². The molecule has 1 aromatic heterocycles. The summed E-state index contributed by atoms with van der Waals surface area (Å²) < 4.78 is 19.6. The van der Waals surface area contributed by atoms with Crippen molar-refractivity contribution < 1.29 is 9.13 Å². The van der Waals surface area contributed by atoms with E-state index in [-0.39, 0.29) is 18.5 Å². The molecule has 1 heterocycles. The molecule has 0 aliphatic rings. The second-order valence-corrected chi connectivity index (χ2v) is 4.84. The van der Waals surface area contributed by atoms with Crippen LogP contribution in [0.5, 0.6) is 5.75 Å². The molecule has 1 N–H and O–H groups in total. The minimum absolute atomic E-state index is 0.0272. The predicted octanol–water partition coefficient (Wildman–Crippen LogP) is 1.99. The van der Waals surface area contributed by atoms with E-state index in [0.29, 0.717) is 17.1 Å². The lowest BCUT2D eigenvalue weighted by Gasteiger charge is -2.15. The zero-order valence-electron chi connectivity index (χ0n) is 12.5. The molecule has 0 bridgehead atoms. The molecule has 6 nitrogen and oxygen atoms in total. The number of hydrogen-bond acceptors (Lipinski definition) is 5. The second-order valence-electron chi connectivity index (χ2n) is 4.84. The Morgan fingerprint density at radius 1 is 1.43 bits per heavy atom. The zero-order valence-corrected chi connectivity index (χ0v) is 12.5. The summed E-state index contributed by atoms with van der Waals surface area (Å²) in [5.41, 5.74) is 0.633. The monoisotopic (exact) mass is 293 g/mol. The Bertz CT molecular complexity index is 586. The Labute approximate surface area is 123 Å². The van der Waals surface area contributed by atoms with Gasteiger partial charge in [0.2, 0.25) is 5.82 Å². The van der Waals surface area contributed by atoms with Gasteiger partial charge in [0, 0.05) is 17.7 Å². The van der Waals surface area contributed by atoms with E-state index in [4.69, 9.17) is 4.74 Å². The smallest absolute Gasteiger partial charge is 0.212 e. The first-order valence-corrected chi connectivity index (χ1v) is 6.98. The zero-order chi connectivity index (χ0) is 15.2. The molecule has 7 heteroatoms. The van der Waals surface area contributed by atoms with E-state index in [0.717, 1.165) is 13.0 Å². The molecule has 0 saturated carbocycles. The van der Waals surface area contributed by atoms with Crippen molar-refractivity contribution in [1.29, 1.82) is 0 Å². The Hall–Kier alpha value is -2.02. The van der Waals surface area contributed by atoms with Crippen molar-refractivity contribution >= 4 is 0 Å². The molecular formula is C14H20FN5O. The van der Waals surface area contributed by atoms with Crippen molar-refractivity contribution in [3.05, 3.63) is 35.4 Å². The van der Waals surface area contributed by atoms with Gasteiger partial charge < -0.3 is 10.1 Å². The number of aryl methyl sites for hydroxylation is 1. The van der Waals surface area contributed by atoms with Crippen molar-refractivity contribution in [1.82, 2.24) is 25.5 Å². The van der Waals surface area contributed by atoms with Gasteiger partial charge in [-0.25, -0.2) is 4.39 Å². The van der Waals surface area contributed by atoms with E-state index in [1.165, 1.54) is 10.9 Å². The lowest BCUT2D eigenvalue weighted by molar-refractivity contribution is 0.293. The van der Waals surface area contributed by atoms with Crippen LogP contribution in [0.15, 0.2) is 18.2 Å². The number of ether oxygens (including phenoxy) is 1. The van der Waals surface area contributed by atoms with Gasteiger partial charge in [0.15, 0.2) is 6.61 Å². The average molecular weight is 293 g/mol. The van der Waals surface area contributed by atoms with E-state index in [1.54, 1.807) is 19.2 Å². The first-order valence-electron chi connectivity index (χ1n) is 6.98. The van der Waals surface area contributed by atoms with E-state index in [1.807, 2.05) is 6.92 Å². The van der Waals surface area contributed by atoms with Crippen LogP contribution in [0.3, 0.4) is 0 Å². The van der Waals surface area contributed by atoms with Crippen LogP contribution in [0, 0.1) is 5.82 Å². The predicted molar refractivity (Wildman–Crippen MR) is 76.2 cm³/mol. The largest absolute Gasteiger partial charge is 0.485 e. The molecule has 0 saturated heterocycles. The van der Waals surface area contributed by atoms with Gasteiger partial charge in [-0.15, -0.1) is 10.2 Å². The highest BCUT2D eigenvalue weighted by Gasteiger charge is 2.11. The van der Waals surface area contributed by atoms with Crippen LogP contribution in [0.25, 0.3) is 0 Å². The molecule has 0 aliphatic carbocycles. The van der Waals surface area contributed by atoms with Gasteiger partial charge in [0.05, 0.1) is 7.05 Å². The number of hydrogen-bond donors (Lipinski definition) is 1. The highest BCUT2D eigenvalue weighted by molar-refractivity contribution is 5.30. The molecule has 1 unspecified atom stereocenters. The first kappa shape index (κ1) is 15.4. The maximum atomic E-state index is 14.1. The summed E-state index contributed by atoms with van der Waals surface area (Å²) in [6, 6.07) is 4.84. The fraction of sp³-hybridized carbons (Fsp3) is 0.500. The van der Waals surface area contributed by atoms with E-state index < -0.39 is 0 Å². The van der Waals surface area contributed by atoms with Crippen LogP contribution in [0.2, 0.25) is 0 Å². The topological polar surface area (TPSA) is 64.9 Å². The molecular weight excluding hydrogens is 273 g/mol. The molecule has 21 heavy (non-hydrogen) atoms. The Morgan fingerprint density at radius 2 is 2.24 bits per heavy atom. The Morgan fingerprint density at radius 3 is 2.86 bits per heavy atom. The SMILES string of the molecule is CCCNC(C)c1ccc(OCc2nnn(C)n2)cc1F. The molecule has 2 aromatic rings. The van der Waals surface area contributed by atoms with E-state index in [9.17, 15) is 4.39 Å². The third-order valence-electron chi connectivity index (χ3n) is 3.06. The number of nitrogens with zero attached hydrogens (tertiary/aromatic N) is 4. The van der Waals surface area contributed by atoms with Gasteiger partial charge >= 0.3 is 0 Å². The molecule has 0 aliphatic heterocycles. The van der Waals surface area contributed by atoms with Gasteiger partial charge in [0.1, 0.15) is 11.6 Å². The van der Waals surface area contributed by atoms with Gasteiger partial charge in [-0.1, -0.05) is 13.0 Å². The summed E-state index contributed by atoms with van der Waals surface area (Å²) in [5, 5.41) is 14.8. The maximum Gasteiger partial charge on any atom is 0.212 e. The average Bonchev–Trinajstić information content (AvgIpc) is 2.88. The highest BCUT2D eigenvalue weighted by atomic mass is 19.1. The molecule has 1 aromatic carbocycles. The molecule has 2 rings (SSSR count). The highest BCUT2D eigenvalue weighted by Crippen LogP contribution is 2.22. The summed E-state index contributed by atoms with van der Waals surface area (Å²) >= 11 is 0. The molecule has 0 fully saturated rings. The Balaban J connectivity index is 1.98. The standard InChI is InChI=1S/C14H20FN5O/c1-4-7-16-10(2)12-6-5-11(8-13(12)15)21-9-14-17-19-20(3)18-14/h5-6,8,10,16H,4,7,9H2,1-3H3. The number of rotatable bonds is 7. The third-order valence-corrected chi connectivity index (χ3v) is 3.06. The van der Waals surface area contributed by atoms with Gasteiger partial charge in [0.25, 0.3) is 0 Å². The van der Waals surface area contributed by atoms with E-state index >= 15 is 0 Å². The van der Waals surface area contributed by atoms with Crippen molar-refractivity contribution in [2.75, 3.05) is 6.54 Å². The van der Waals surface area contributed by atoms with Crippen LogP contribution < -0.4 is 10.1 Å². The molecule has 0 amide bonds. The number of tetrazole rings is 1. The fourth-order valence-electron chi connectivity index (χ4n) is 1.95. The van der Waals surface area contributed by atoms with Crippen molar-refractivity contribution in [2.24, 2.45) is 7.05 Å². The first-order chi connectivity index (χ1) is 10.1. The summed E-state index contributed by atoms with van der Waals surface area (Å²) in [6.45, 7) is 5.04. The molecule has 1 atom stereocenters. The van der Waals surface area contributed by atoms with Crippen LogP contribution in [0.4, 0.5) is 4.39 Å². The van der Waals surface area contributed by atoms with Gasteiger partial charge in [-0.2, -0.15) is 4.80 Å². The number of benzene rings is 1. The third kappa shape index (κ3) is 4.22. The maximum absolute atomic E-state index is 14.1. The lowest BCUT2D eigenvalue weighted by atomic mass is 10.1. The summed E-state index contributed by atoms with van der Waals surface area (Å²) in [4.78, 5) is 1.35. The van der Waals surface area contributed by atoms with Crippen LogP contribution in [0.1, 0.15) is 37.7 Å². The lowest BCUT2D eigenvalue weighted by Crippen LogP contribution is -2.20. The van der Waals surface area contributed by atoms with Crippen molar-refractivity contribution in [3.63, 3.8) is 0 Å². The van der Waals surface area contributed by atoms with Crippen molar-refractivity contribution in [2.45, 2.75) is 32.9 Å². The quantitative estimate of drug-likeness (QED) is 0.845. The minimum Gasteiger partial charge on any atom is -0.485 e. The van der Waals surface area contributed by atoms with Crippen LogP contribution in [-0.4, -0.2) is 26.8 Å². The van der Waals surface area contributed by atoms with Crippen molar-refractivity contribution in [3.8, 4) is 5.75 Å². The number of aromatic nitrogens is 4. The summed E-state index contributed by atoms with van der Waals surface area (Å²) in [7, 11) is 1.68. The summed E-state index contributed by atoms with van der Waals surface area (Å²) in [6.07, 6.45) is 1.01. The normalized spacial score (nSPS) is 12.4. The Kier molecular flexibility index (Phi) is 5.21. The molecule has 114 valence electrons. The van der Waals surface area contributed by atoms with Crippen LogP contribution >= 0.6 is 0 Å². The van der Waals surface area contributed by atoms with Crippen LogP contribution in [-0.2, 0) is 13.7 Å². The number of nitrogens with one attached hydrogen (secondary N) is 1. The minimum atomic E-state index is -0.282.